The predicted octanol–water partition coefficient (Wildman–Crippen LogP) is 1.28. The topological polar surface area (TPSA) is 42.0 Å². The molecule has 1 atom stereocenters. The van der Waals surface area contributed by atoms with E-state index in [4.69, 9.17) is 9.47 Å². The zero-order chi connectivity index (χ0) is 16.3. The maximum atomic E-state index is 13.0. The summed E-state index contributed by atoms with van der Waals surface area (Å²) in [5.74, 6) is -0.171. The molecule has 1 spiro atoms. The Morgan fingerprint density at radius 2 is 2.00 bits per heavy atom. The van der Waals surface area contributed by atoms with Gasteiger partial charge in [0.15, 0.2) is 0 Å². The van der Waals surface area contributed by atoms with E-state index in [9.17, 15) is 9.18 Å². The van der Waals surface area contributed by atoms with E-state index in [1.807, 2.05) is 12.1 Å². The molecule has 2 saturated heterocycles. The van der Waals surface area contributed by atoms with Crippen LogP contribution in [0.1, 0.15) is 12.5 Å². The van der Waals surface area contributed by atoms with Gasteiger partial charge in [-0.05, 0) is 17.7 Å². The number of halogens is 1. The van der Waals surface area contributed by atoms with E-state index in [0.717, 1.165) is 18.7 Å². The van der Waals surface area contributed by atoms with Crippen molar-refractivity contribution < 1.29 is 18.7 Å². The first kappa shape index (κ1) is 16.4. The number of ether oxygens (including phenoxy) is 2. The van der Waals surface area contributed by atoms with Crippen LogP contribution in [0.4, 0.5) is 4.39 Å². The first-order valence-corrected chi connectivity index (χ1v) is 8.00. The van der Waals surface area contributed by atoms with Crippen LogP contribution in [-0.4, -0.2) is 67.3 Å². The highest BCUT2D eigenvalue weighted by molar-refractivity contribution is 5.73. The van der Waals surface area contributed by atoms with Crippen molar-refractivity contribution in [1.29, 1.82) is 0 Å². The van der Waals surface area contributed by atoms with Gasteiger partial charge in [0, 0.05) is 33.1 Å². The van der Waals surface area contributed by atoms with E-state index in [0.29, 0.717) is 39.5 Å². The second-order valence-corrected chi connectivity index (χ2v) is 6.36. The molecule has 0 aliphatic carbocycles. The number of hydrogen-bond acceptors (Lipinski definition) is 4. The van der Waals surface area contributed by atoms with Crippen LogP contribution >= 0.6 is 0 Å². The Kier molecular flexibility index (Phi) is 4.94. The third-order valence-electron chi connectivity index (χ3n) is 4.44. The van der Waals surface area contributed by atoms with Crippen molar-refractivity contribution in [3.63, 3.8) is 0 Å². The molecule has 2 aliphatic rings. The lowest BCUT2D eigenvalue weighted by Gasteiger charge is -2.43. The Hall–Kier alpha value is -1.50. The van der Waals surface area contributed by atoms with Gasteiger partial charge in [0.1, 0.15) is 11.4 Å². The van der Waals surface area contributed by atoms with Crippen molar-refractivity contribution >= 4 is 5.91 Å². The molecular weight excluding hydrogens is 299 g/mol. The second kappa shape index (κ2) is 6.95. The van der Waals surface area contributed by atoms with Gasteiger partial charge in [-0.25, -0.2) is 4.39 Å². The number of carbonyl (C=O) groups excluding carboxylic acids is 1. The summed E-state index contributed by atoms with van der Waals surface area (Å²) in [5, 5.41) is 0. The number of nitrogens with zero attached hydrogens (tertiary/aromatic N) is 2. The molecule has 2 fully saturated rings. The van der Waals surface area contributed by atoms with Crippen LogP contribution in [0, 0.1) is 5.82 Å². The first-order valence-electron chi connectivity index (χ1n) is 8.00. The molecule has 1 aromatic rings. The normalized spacial score (nSPS) is 26.3. The Bertz CT molecular complexity index is 551. The fourth-order valence-electron chi connectivity index (χ4n) is 3.26. The van der Waals surface area contributed by atoms with E-state index >= 15 is 0 Å². The molecule has 0 bridgehead atoms. The first-order chi connectivity index (χ1) is 11.1. The maximum absolute atomic E-state index is 13.0. The number of morpholine rings is 1. The molecule has 1 aromatic carbocycles. The van der Waals surface area contributed by atoms with Crippen LogP contribution in [0.25, 0.3) is 0 Å². The molecule has 3 rings (SSSR count). The van der Waals surface area contributed by atoms with Crippen molar-refractivity contribution in [3.8, 4) is 0 Å². The average molecular weight is 322 g/mol. The van der Waals surface area contributed by atoms with Crippen LogP contribution in [0.5, 0.6) is 0 Å². The number of rotatable bonds is 2. The van der Waals surface area contributed by atoms with Crippen molar-refractivity contribution in [3.05, 3.63) is 35.6 Å². The number of hydrogen-bond donors (Lipinski definition) is 0. The number of carbonyl (C=O) groups is 1. The van der Waals surface area contributed by atoms with E-state index < -0.39 is 5.60 Å². The zero-order valence-corrected chi connectivity index (χ0v) is 13.5. The van der Waals surface area contributed by atoms with Gasteiger partial charge in [-0.3, -0.25) is 9.69 Å². The summed E-state index contributed by atoms with van der Waals surface area (Å²) >= 11 is 0. The average Bonchev–Trinajstić information content (AvgIpc) is 2.73. The minimum absolute atomic E-state index is 0.0501. The van der Waals surface area contributed by atoms with Gasteiger partial charge in [0.05, 0.1) is 26.4 Å². The molecule has 6 heteroatoms. The predicted molar refractivity (Wildman–Crippen MR) is 83.4 cm³/mol. The number of amides is 1. The summed E-state index contributed by atoms with van der Waals surface area (Å²) in [5.41, 5.74) is 0.599. The molecule has 0 radical (unpaired) electrons. The smallest absolute Gasteiger partial charge is 0.219 e. The Balaban J connectivity index is 1.68. The van der Waals surface area contributed by atoms with Crippen LogP contribution in [-0.2, 0) is 20.8 Å². The number of benzene rings is 1. The Labute approximate surface area is 136 Å². The highest BCUT2D eigenvalue weighted by Crippen LogP contribution is 2.24. The van der Waals surface area contributed by atoms with E-state index in [1.165, 1.54) is 12.1 Å². The molecule has 126 valence electrons. The summed E-state index contributed by atoms with van der Waals surface area (Å²) in [4.78, 5) is 15.8. The van der Waals surface area contributed by atoms with Crippen LogP contribution < -0.4 is 0 Å². The monoisotopic (exact) mass is 322 g/mol. The van der Waals surface area contributed by atoms with Gasteiger partial charge in [-0.1, -0.05) is 12.1 Å². The summed E-state index contributed by atoms with van der Waals surface area (Å²) in [6.07, 6.45) is 0. The van der Waals surface area contributed by atoms with Crippen LogP contribution in [0.2, 0.25) is 0 Å². The van der Waals surface area contributed by atoms with Crippen molar-refractivity contribution in [2.75, 3.05) is 46.0 Å². The lowest BCUT2D eigenvalue weighted by Crippen LogP contribution is -2.58. The molecule has 0 N–H and O–H groups in total. The fraction of sp³-hybridized carbons (Fsp3) is 0.588. The molecule has 0 aromatic heterocycles. The van der Waals surface area contributed by atoms with Crippen LogP contribution in [0.3, 0.4) is 0 Å². The Morgan fingerprint density at radius 3 is 2.74 bits per heavy atom. The third kappa shape index (κ3) is 4.07. The minimum Gasteiger partial charge on any atom is -0.376 e. The summed E-state index contributed by atoms with van der Waals surface area (Å²) in [6, 6.07) is 6.58. The highest BCUT2D eigenvalue weighted by Gasteiger charge is 2.40. The lowest BCUT2D eigenvalue weighted by molar-refractivity contribution is -0.151. The van der Waals surface area contributed by atoms with Gasteiger partial charge in [0.25, 0.3) is 0 Å². The summed E-state index contributed by atoms with van der Waals surface area (Å²) in [6.45, 7) is 6.66. The third-order valence-corrected chi connectivity index (χ3v) is 4.44. The van der Waals surface area contributed by atoms with Gasteiger partial charge >= 0.3 is 0 Å². The lowest BCUT2D eigenvalue weighted by atomic mass is 10.0. The van der Waals surface area contributed by atoms with Gasteiger partial charge < -0.3 is 14.4 Å². The van der Waals surface area contributed by atoms with E-state index in [-0.39, 0.29) is 11.7 Å². The van der Waals surface area contributed by atoms with Gasteiger partial charge in [-0.15, -0.1) is 0 Å². The molecule has 5 nitrogen and oxygen atoms in total. The molecule has 1 amide bonds. The minimum atomic E-state index is -0.472. The standard InChI is InChI=1S/C17H23FN2O3/c1-14(21)20-7-8-22-13-17(12-20)11-19(6-9-23-17)10-15-2-4-16(18)5-3-15/h2-5H,6-13H2,1H3/t17-/m0/s1. The summed E-state index contributed by atoms with van der Waals surface area (Å²) < 4.78 is 24.7. The SMILES string of the molecule is CC(=O)N1CCOC[C@]2(CN(Cc3ccc(F)cc3)CCO2)C1. The molecule has 23 heavy (non-hydrogen) atoms. The van der Waals surface area contributed by atoms with Gasteiger partial charge in [-0.2, -0.15) is 0 Å². The highest BCUT2D eigenvalue weighted by atomic mass is 19.1. The molecule has 2 aliphatic heterocycles. The summed E-state index contributed by atoms with van der Waals surface area (Å²) in [7, 11) is 0. The van der Waals surface area contributed by atoms with Crippen molar-refractivity contribution in [1.82, 2.24) is 9.80 Å². The van der Waals surface area contributed by atoms with E-state index in [1.54, 1.807) is 11.8 Å². The van der Waals surface area contributed by atoms with Crippen LogP contribution in [0.15, 0.2) is 24.3 Å². The molecular formula is C17H23FN2O3. The van der Waals surface area contributed by atoms with Gasteiger partial charge in [0.2, 0.25) is 5.91 Å². The maximum Gasteiger partial charge on any atom is 0.219 e. The molecule has 2 heterocycles. The molecule has 0 saturated carbocycles. The largest absolute Gasteiger partial charge is 0.376 e. The fourth-order valence-corrected chi connectivity index (χ4v) is 3.26. The van der Waals surface area contributed by atoms with Crippen molar-refractivity contribution in [2.24, 2.45) is 0 Å². The quantitative estimate of drug-likeness (QED) is 0.822. The van der Waals surface area contributed by atoms with E-state index in [2.05, 4.69) is 4.90 Å². The Morgan fingerprint density at radius 1 is 1.22 bits per heavy atom. The second-order valence-electron chi connectivity index (χ2n) is 6.36. The molecule has 0 unspecified atom stereocenters. The zero-order valence-electron chi connectivity index (χ0n) is 13.5. The van der Waals surface area contributed by atoms with Crippen molar-refractivity contribution in [2.45, 2.75) is 19.1 Å².